The van der Waals surface area contributed by atoms with E-state index in [9.17, 15) is 15.0 Å². The number of rotatable bonds is 3. The van der Waals surface area contributed by atoms with Crippen LogP contribution in [0.2, 0.25) is 0 Å². The number of phenolic OH excluding ortho intramolecular Hbond substituents is 2. The van der Waals surface area contributed by atoms with Crippen LogP contribution in [0.5, 0.6) is 11.5 Å². The summed E-state index contributed by atoms with van der Waals surface area (Å²) >= 11 is 3.23. The molecule has 2 aromatic rings. The molecule has 0 atom stereocenters. The minimum Gasteiger partial charge on any atom is -0.508 e. The van der Waals surface area contributed by atoms with Crippen molar-refractivity contribution in [3.63, 3.8) is 0 Å². The Labute approximate surface area is 129 Å². The average molecular weight is 353 g/mol. The van der Waals surface area contributed by atoms with E-state index in [2.05, 4.69) is 31.6 Å². The maximum atomic E-state index is 11.9. The fourth-order valence-corrected chi connectivity index (χ4v) is 2.23. The van der Waals surface area contributed by atoms with Gasteiger partial charge in [0, 0.05) is 18.8 Å². The molecule has 110 valence electrons. The molecule has 21 heavy (non-hydrogen) atoms. The molecule has 0 saturated carbocycles. The van der Waals surface area contributed by atoms with Gasteiger partial charge in [0.25, 0.3) is 5.91 Å². The molecule has 0 aliphatic heterocycles. The third kappa shape index (κ3) is 3.40. The third-order valence-corrected chi connectivity index (χ3v) is 3.27. The number of hydrogen-bond donors (Lipinski definition) is 3. The van der Waals surface area contributed by atoms with E-state index in [-0.39, 0.29) is 17.2 Å². The van der Waals surface area contributed by atoms with Gasteiger partial charge < -0.3 is 10.2 Å². The summed E-state index contributed by atoms with van der Waals surface area (Å²) in [5.74, 6) is -0.528. The molecule has 0 saturated heterocycles. The lowest BCUT2D eigenvalue weighted by atomic mass is 10.1. The van der Waals surface area contributed by atoms with E-state index in [1.807, 2.05) is 0 Å². The second-order valence-corrected chi connectivity index (χ2v) is 5.19. The van der Waals surface area contributed by atoms with Gasteiger partial charge in [-0.25, -0.2) is 5.43 Å². The van der Waals surface area contributed by atoms with Gasteiger partial charge in [-0.3, -0.25) is 9.48 Å². The number of hydrogen-bond acceptors (Lipinski definition) is 5. The highest BCUT2D eigenvalue weighted by Crippen LogP contribution is 2.22. The SMILES string of the molecule is C/C(=N\NC(=O)c1nn(C)cc1Br)c1cc(O)ccc1O. The highest BCUT2D eigenvalue weighted by molar-refractivity contribution is 9.10. The molecule has 1 aromatic carbocycles. The molecule has 0 bridgehead atoms. The van der Waals surface area contributed by atoms with Crippen LogP contribution < -0.4 is 5.43 Å². The Balaban J connectivity index is 2.19. The first-order valence-electron chi connectivity index (χ1n) is 5.94. The van der Waals surface area contributed by atoms with Crippen molar-refractivity contribution in [1.29, 1.82) is 0 Å². The third-order valence-electron chi connectivity index (χ3n) is 2.69. The number of benzene rings is 1. The maximum Gasteiger partial charge on any atom is 0.293 e. The lowest BCUT2D eigenvalue weighted by Gasteiger charge is -2.05. The predicted octanol–water partition coefficient (Wildman–Crippen LogP) is 1.75. The largest absolute Gasteiger partial charge is 0.508 e. The van der Waals surface area contributed by atoms with Crippen molar-refractivity contribution in [3.05, 3.63) is 40.1 Å². The van der Waals surface area contributed by atoms with E-state index in [1.165, 1.54) is 22.9 Å². The van der Waals surface area contributed by atoms with Crippen LogP contribution in [0, 0.1) is 0 Å². The molecule has 0 aliphatic carbocycles. The van der Waals surface area contributed by atoms with E-state index in [0.29, 0.717) is 15.7 Å². The van der Waals surface area contributed by atoms with Gasteiger partial charge in [0.15, 0.2) is 5.69 Å². The van der Waals surface area contributed by atoms with Crippen LogP contribution in [-0.2, 0) is 7.05 Å². The van der Waals surface area contributed by atoms with Crippen molar-refractivity contribution >= 4 is 27.5 Å². The number of nitrogens with one attached hydrogen (secondary N) is 1. The normalized spacial score (nSPS) is 11.5. The second kappa shape index (κ2) is 5.96. The summed E-state index contributed by atoms with van der Waals surface area (Å²) in [5, 5.41) is 27.0. The van der Waals surface area contributed by atoms with Crippen molar-refractivity contribution in [2.24, 2.45) is 12.1 Å². The monoisotopic (exact) mass is 352 g/mol. The van der Waals surface area contributed by atoms with Crippen molar-refractivity contribution < 1.29 is 15.0 Å². The van der Waals surface area contributed by atoms with Crippen LogP contribution in [0.3, 0.4) is 0 Å². The van der Waals surface area contributed by atoms with E-state index in [1.54, 1.807) is 20.2 Å². The summed E-state index contributed by atoms with van der Waals surface area (Å²) in [7, 11) is 1.70. The Kier molecular flexibility index (Phi) is 4.27. The molecule has 0 aliphatic rings. The van der Waals surface area contributed by atoms with Gasteiger partial charge in [0.2, 0.25) is 0 Å². The molecule has 8 heteroatoms. The summed E-state index contributed by atoms with van der Waals surface area (Å²) in [5.41, 5.74) is 3.23. The number of halogens is 1. The number of carbonyl (C=O) groups excluding carboxylic acids is 1. The van der Waals surface area contributed by atoms with E-state index < -0.39 is 5.91 Å². The summed E-state index contributed by atoms with van der Waals surface area (Å²) < 4.78 is 2.05. The summed E-state index contributed by atoms with van der Waals surface area (Å²) in [6.07, 6.45) is 1.65. The number of hydrazone groups is 1. The van der Waals surface area contributed by atoms with Gasteiger partial charge in [-0.2, -0.15) is 10.2 Å². The molecule has 0 spiro atoms. The first-order valence-corrected chi connectivity index (χ1v) is 6.74. The number of nitrogens with zero attached hydrogens (tertiary/aromatic N) is 3. The molecule has 0 fully saturated rings. The Morgan fingerprint density at radius 3 is 2.76 bits per heavy atom. The van der Waals surface area contributed by atoms with Gasteiger partial charge in [0.1, 0.15) is 11.5 Å². The van der Waals surface area contributed by atoms with Crippen LogP contribution in [0.25, 0.3) is 0 Å². The lowest BCUT2D eigenvalue weighted by molar-refractivity contribution is 0.0948. The lowest BCUT2D eigenvalue weighted by Crippen LogP contribution is -2.20. The average Bonchev–Trinajstić information content (AvgIpc) is 2.77. The summed E-state index contributed by atoms with van der Waals surface area (Å²) in [4.78, 5) is 11.9. The molecular weight excluding hydrogens is 340 g/mol. The Hall–Kier alpha value is -2.35. The second-order valence-electron chi connectivity index (χ2n) is 4.34. The molecular formula is C13H13BrN4O3. The highest BCUT2D eigenvalue weighted by Gasteiger charge is 2.14. The van der Waals surface area contributed by atoms with E-state index in [4.69, 9.17) is 0 Å². The number of aromatic nitrogens is 2. The van der Waals surface area contributed by atoms with E-state index in [0.717, 1.165) is 0 Å². The molecule has 1 amide bonds. The minimum absolute atomic E-state index is 0.00357. The Morgan fingerprint density at radius 2 is 2.14 bits per heavy atom. The summed E-state index contributed by atoms with van der Waals surface area (Å²) in [6.45, 7) is 1.60. The van der Waals surface area contributed by atoms with Crippen LogP contribution in [0.15, 0.2) is 34.0 Å². The van der Waals surface area contributed by atoms with Crippen LogP contribution in [-0.4, -0.2) is 31.6 Å². The quantitative estimate of drug-likeness (QED) is 0.445. The first kappa shape index (κ1) is 15.0. The standard InChI is InChI=1S/C13H13BrN4O3/c1-7(9-5-8(19)3-4-11(9)20)15-16-13(21)12-10(14)6-18(2)17-12/h3-6,19-20H,1-2H3,(H,16,21)/b15-7+. The van der Waals surface area contributed by atoms with Crippen molar-refractivity contribution in [2.75, 3.05) is 0 Å². The fraction of sp³-hybridized carbons (Fsp3) is 0.154. The predicted molar refractivity (Wildman–Crippen MR) is 80.4 cm³/mol. The van der Waals surface area contributed by atoms with Crippen molar-refractivity contribution in [1.82, 2.24) is 15.2 Å². The smallest absolute Gasteiger partial charge is 0.293 e. The zero-order valence-electron chi connectivity index (χ0n) is 11.3. The number of amides is 1. The maximum absolute atomic E-state index is 11.9. The minimum atomic E-state index is -0.485. The number of aromatic hydroxyl groups is 2. The number of carbonyl (C=O) groups is 1. The Morgan fingerprint density at radius 1 is 1.43 bits per heavy atom. The van der Waals surface area contributed by atoms with Gasteiger partial charge in [0.05, 0.1) is 10.2 Å². The van der Waals surface area contributed by atoms with Crippen molar-refractivity contribution in [3.8, 4) is 11.5 Å². The molecule has 0 radical (unpaired) electrons. The van der Waals surface area contributed by atoms with Crippen molar-refractivity contribution in [2.45, 2.75) is 6.92 Å². The van der Waals surface area contributed by atoms with E-state index >= 15 is 0 Å². The summed E-state index contributed by atoms with van der Waals surface area (Å²) in [6, 6.07) is 4.06. The van der Waals surface area contributed by atoms with Crippen LogP contribution in [0.4, 0.5) is 0 Å². The molecule has 2 rings (SSSR count). The van der Waals surface area contributed by atoms with Gasteiger partial charge in [-0.15, -0.1) is 0 Å². The molecule has 1 aromatic heterocycles. The highest BCUT2D eigenvalue weighted by atomic mass is 79.9. The first-order chi connectivity index (χ1) is 9.88. The topological polar surface area (TPSA) is 99.7 Å². The van der Waals surface area contributed by atoms with Crippen LogP contribution in [0.1, 0.15) is 23.0 Å². The Bertz CT molecular complexity index is 724. The van der Waals surface area contributed by atoms with Crippen LogP contribution >= 0.6 is 15.9 Å². The van der Waals surface area contributed by atoms with Gasteiger partial charge >= 0.3 is 0 Å². The molecule has 0 unspecified atom stereocenters. The number of phenols is 2. The molecule has 1 heterocycles. The van der Waals surface area contributed by atoms with Gasteiger partial charge in [-0.05, 0) is 41.1 Å². The fourth-order valence-electron chi connectivity index (χ4n) is 1.68. The van der Waals surface area contributed by atoms with Gasteiger partial charge in [-0.1, -0.05) is 0 Å². The zero-order valence-corrected chi connectivity index (χ0v) is 12.9. The number of aryl methyl sites for hydroxylation is 1. The zero-order chi connectivity index (χ0) is 15.6. The molecule has 7 nitrogen and oxygen atoms in total. The molecule has 3 N–H and O–H groups in total.